The van der Waals surface area contributed by atoms with E-state index in [2.05, 4.69) is 19.9 Å². The first-order chi connectivity index (χ1) is 8.93. The lowest BCUT2D eigenvalue weighted by Crippen LogP contribution is -2.34. The van der Waals surface area contributed by atoms with Crippen LogP contribution >= 0.6 is 11.6 Å². The highest BCUT2D eigenvalue weighted by Crippen LogP contribution is 2.11. The van der Waals surface area contributed by atoms with Gasteiger partial charge in [0.05, 0.1) is 18.4 Å². The van der Waals surface area contributed by atoms with Gasteiger partial charge in [-0.05, 0) is 30.5 Å². The highest BCUT2D eigenvalue weighted by atomic mass is 35.5. The van der Waals surface area contributed by atoms with E-state index in [1.54, 1.807) is 19.1 Å². The number of alkyl halides is 1. The first-order valence-electron chi connectivity index (χ1n) is 6.37. The van der Waals surface area contributed by atoms with Gasteiger partial charge in [0.1, 0.15) is 0 Å². The lowest BCUT2D eigenvalue weighted by Gasteiger charge is -2.20. The molecule has 0 aliphatic rings. The predicted molar refractivity (Wildman–Crippen MR) is 78.8 cm³/mol. The van der Waals surface area contributed by atoms with Crippen LogP contribution in [0.4, 0.5) is 0 Å². The maximum Gasteiger partial charge on any atom is 0.226 e. The second-order valence-electron chi connectivity index (χ2n) is 4.92. The molecule has 0 fully saturated rings. The summed E-state index contributed by atoms with van der Waals surface area (Å²) in [6, 6.07) is 6.11. The summed E-state index contributed by atoms with van der Waals surface area (Å²) >= 11 is 6.05. The number of ether oxygens (including phenoxy) is 1. The van der Waals surface area contributed by atoms with Gasteiger partial charge >= 0.3 is 0 Å². The van der Waals surface area contributed by atoms with Crippen molar-refractivity contribution in [3.05, 3.63) is 34.9 Å². The first kappa shape index (κ1) is 16.0. The molecule has 0 spiro atoms. The molecule has 0 saturated heterocycles. The Hall–Kier alpha value is -1.06. The minimum Gasteiger partial charge on any atom is -0.383 e. The van der Waals surface area contributed by atoms with Crippen LogP contribution in [-0.2, 0) is 16.0 Å². The van der Waals surface area contributed by atoms with E-state index in [9.17, 15) is 4.79 Å². The molecule has 1 aromatic carbocycles. The highest BCUT2D eigenvalue weighted by Gasteiger charge is 2.14. The summed E-state index contributed by atoms with van der Waals surface area (Å²) in [6.45, 7) is 5.07. The molecule has 0 aliphatic carbocycles. The molecule has 1 unspecified atom stereocenters. The summed E-state index contributed by atoms with van der Waals surface area (Å²) in [7, 11) is 3.38. The molecule has 1 aromatic rings. The van der Waals surface area contributed by atoms with Crippen LogP contribution < -0.4 is 0 Å². The van der Waals surface area contributed by atoms with E-state index in [0.717, 1.165) is 5.56 Å². The lowest BCUT2D eigenvalue weighted by atomic mass is 10.0. The topological polar surface area (TPSA) is 29.5 Å². The zero-order valence-corrected chi connectivity index (χ0v) is 12.8. The van der Waals surface area contributed by atoms with E-state index in [1.807, 2.05) is 12.1 Å². The fraction of sp³-hybridized carbons (Fsp3) is 0.533. The summed E-state index contributed by atoms with van der Waals surface area (Å²) in [5.41, 5.74) is 3.49. The average molecular weight is 284 g/mol. The van der Waals surface area contributed by atoms with Crippen LogP contribution in [0.3, 0.4) is 0 Å². The Morgan fingerprint density at radius 3 is 2.63 bits per heavy atom. The van der Waals surface area contributed by atoms with Gasteiger partial charge in [-0.15, -0.1) is 11.6 Å². The smallest absolute Gasteiger partial charge is 0.226 e. The number of likely N-dealkylation sites (N-methyl/N-ethyl adjacent to an activating group) is 1. The summed E-state index contributed by atoms with van der Waals surface area (Å²) in [4.78, 5) is 13.7. The van der Waals surface area contributed by atoms with Gasteiger partial charge in [0.25, 0.3) is 0 Å². The molecular weight excluding hydrogens is 262 g/mol. The molecule has 0 radical (unpaired) electrons. The van der Waals surface area contributed by atoms with Gasteiger partial charge in [-0.2, -0.15) is 0 Å². The van der Waals surface area contributed by atoms with Crippen molar-refractivity contribution >= 4 is 17.5 Å². The van der Waals surface area contributed by atoms with Gasteiger partial charge in [-0.3, -0.25) is 4.79 Å². The normalized spacial score (nSPS) is 12.3. The van der Waals surface area contributed by atoms with Crippen LogP contribution in [0.5, 0.6) is 0 Å². The molecule has 106 valence electrons. The quantitative estimate of drug-likeness (QED) is 0.751. The van der Waals surface area contributed by atoms with Crippen LogP contribution in [0.2, 0.25) is 0 Å². The molecule has 0 aliphatic heterocycles. The molecule has 0 bridgehead atoms. The third kappa shape index (κ3) is 5.21. The first-order valence-corrected chi connectivity index (χ1v) is 6.80. The molecule has 0 saturated carbocycles. The second-order valence-corrected chi connectivity index (χ2v) is 5.54. The van der Waals surface area contributed by atoms with Crippen LogP contribution in [0.1, 0.15) is 16.7 Å². The number of carbonyl (C=O) groups is 1. The van der Waals surface area contributed by atoms with E-state index >= 15 is 0 Å². The zero-order chi connectivity index (χ0) is 14.4. The minimum absolute atomic E-state index is 0.0741. The molecular formula is C15H22ClNO2. The predicted octanol–water partition coefficient (Wildman–Crippen LogP) is 2.56. The van der Waals surface area contributed by atoms with Crippen molar-refractivity contribution in [1.82, 2.24) is 4.90 Å². The molecule has 4 heteroatoms. The zero-order valence-electron chi connectivity index (χ0n) is 12.1. The molecule has 0 heterocycles. The van der Waals surface area contributed by atoms with Gasteiger partial charge < -0.3 is 9.64 Å². The number of benzene rings is 1. The molecule has 1 amide bonds. The lowest BCUT2D eigenvalue weighted by molar-refractivity contribution is -0.129. The molecule has 3 nitrogen and oxygen atoms in total. The number of hydrogen-bond donors (Lipinski definition) is 0. The van der Waals surface area contributed by atoms with Crippen LogP contribution in [0.15, 0.2) is 18.2 Å². The largest absolute Gasteiger partial charge is 0.383 e. The van der Waals surface area contributed by atoms with E-state index in [4.69, 9.17) is 16.3 Å². The van der Waals surface area contributed by atoms with Crippen LogP contribution in [-0.4, -0.2) is 43.5 Å². The average Bonchev–Trinajstić information content (AvgIpc) is 2.34. The molecule has 0 N–H and O–H groups in total. The van der Waals surface area contributed by atoms with E-state index < -0.39 is 0 Å². The Morgan fingerprint density at radius 1 is 1.37 bits per heavy atom. The number of carbonyl (C=O) groups excluding carboxylic acids is 1. The Morgan fingerprint density at radius 2 is 2.05 bits per heavy atom. The van der Waals surface area contributed by atoms with Gasteiger partial charge in [0, 0.05) is 20.7 Å². The van der Waals surface area contributed by atoms with Crippen LogP contribution in [0, 0.1) is 13.8 Å². The Labute approximate surface area is 120 Å². The van der Waals surface area contributed by atoms with Crippen molar-refractivity contribution in [2.24, 2.45) is 0 Å². The summed E-state index contributed by atoms with van der Waals surface area (Å²) in [6.07, 6.45) is 0.411. The number of methoxy groups -OCH3 is 1. The van der Waals surface area contributed by atoms with Gasteiger partial charge in [-0.1, -0.05) is 18.2 Å². The number of halogens is 1. The standard InChI is InChI=1S/C15H22ClNO2/c1-11-5-6-13(7-12(11)2)8-15(18)17(3)9-14(16)10-19-4/h5-7,14H,8-10H2,1-4H3. The van der Waals surface area contributed by atoms with E-state index in [-0.39, 0.29) is 11.3 Å². The summed E-state index contributed by atoms with van der Waals surface area (Å²) in [5.74, 6) is 0.0741. The van der Waals surface area contributed by atoms with Crippen LogP contribution in [0.25, 0.3) is 0 Å². The Bertz CT molecular complexity index is 434. The molecule has 0 aromatic heterocycles. The fourth-order valence-electron chi connectivity index (χ4n) is 1.86. The fourth-order valence-corrected chi connectivity index (χ4v) is 2.19. The van der Waals surface area contributed by atoms with E-state index in [1.165, 1.54) is 11.1 Å². The molecule has 1 rings (SSSR count). The van der Waals surface area contributed by atoms with Crippen molar-refractivity contribution in [1.29, 1.82) is 0 Å². The van der Waals surface area contributed by atoms with E-state index in [0.29, 0.717) is 19.6 Å². The van der Waals surface area contributed by atoms with Crippen molar-refractivity contribution in [2.75, 3.05) is 27.3 Å². The summed E-state index contributed by atoms with van der Waals surface area (Å²) in [5, 5.41) is -0.168. The Kier molecular flexibility index (Phi) is 6.32. The van der Waals surface area contributed by atoms with Crippen molar-refractivity contribution < 1.29 is 9.53 Å². The SMILES string of the molecule is COCC(Cl)CN(C)C(=O)Cc1ccc(C)c(C)c1. The maximum absolute atomic E-state index is 12.1. The number of hydrogen-bond acceptors (Lipinski definition) is 2. The third-order valence-electron chi connectivity index (χ3n) is 3.17. The highest BCUT2D eigenvalue weighted by molar-refractivity contribution is 6.21. The Balaban J connectivity index is 2.56. The third-order valence-corrected chi connectivity index (χ3v) is 3.44. The van der Waals surface area contributed by atoms with Crippen molar-refractivity contribution in [2.45, 2.75) is 25.6 Å². The second kappa shape index (κ2) is 7.51. The van der Waals surface area contributed by atoms with Gasteiger partial charge in [0.15, 0.2) is 0 Å². The van der Waals surface area contributed by atoms with Gasteiger partial charge in [-0.25, -0.2) is 0 Å². The number of nitrogens with zero attached hydrogens (tertiary/aromatic N) is 1. The molecule has 19 heavy (non-hydrogen) atoms. The maximum atomic E-state index is 12.1. The van der Waals surface area contributed by atoms with Crippen molar-refractivity contribution in [3.8, 4) is 0 Å². The monoisotopic (exact) mass is 283 g/mol. The summed E-state index contributed by atoms with van der Waals surface area (Å²) < 4.78 is 4.96. The number of aryl methyl sites for hydroxylation is 2. The molecule has 1 atom stereocenters. The van der Waals surface area contributed by atoms with Crippen molar-refractivity contribution in [3.63, 3.8) is 0 Å². The number of rotatable bonds is 6. The van der Waals surface area contributed by atoms with Gasteiger partial charge in [0.2, 0.25) is 5.91 Å². The number of amides is 1. The minimum atomic E-state index is -0.168.